The third kappa shape index (κ3) is 5.20. The van der Waals surface area contributed by atoms with Crippen molar-refractivity contribution in [3.05, 3.63) is 93.6 Å². The smallest absolute Gasteiger partial charge is 0.355 e. The van der Waals surface area contributed by atoms with Crippen LogP contribution in [0, 0.1) is 26.6 Å². The van der Waals surface area contributed by atoms with E-state index in [1.165, 1.54) is 18.2 Å². The van der Waals surface area contributed by atoms with E-state index in [1.54, 1.807) is 17.9 Å². The van der Waals surface area contributed by atoms with Gasteiger partial charge < -0.3 is 14.6 Å². The summed E-state index contributed by atoms with van der Waals surface area (Å²) < 4.78 is 18.9. The van der Waals surface area contributed by atoms with E-state index in [4.69, 9.17) is 4.74 Å². The van der Waals surface area contributed by atoms with Crippen molar-refractivity contribution in [2.24, 2.45) is 0 Å². The number of hydrogen-bond acceptors (Lipinski definition) is 3. The molecule has 0 atom stereocenters. The Morgan fingerprint density at radius 2 is 1.74 bits per heavy atom. The van der Waals surface area contributed by atoms with E-state index in [-0.39, 0.29) is 24.6 Å². The number of amides is 1. The molecule has 2 aromatic carbocycles. The fraction of sp³-hybridized carbons (Fsp3) is 0.280. The van der Waals surface area contributed by atoms with E-state index in [1.807, 2.05) is 45.0 Å². The van der Waals surface area contributed by atoms with Crippen molar-refractivity contribution >= 4 is 11.9 Å². The summed E-state index contributed by atoms with van der Waals surface area (Å²) in [6, 6.07) is 13.6. The SMILES string of the molecule is CCOC(=O)c1[nH]c(C)c(CN(Cc2ccc(C)cc2)C(=O)c2cccc(F)c2)c1C. The van der Waals surface area contributed by atoms with Crippen molar-refractivity contribution < 1.29 is 18.7 Å². The Bertz CT molecular complexity index is 1090. The Kier molecular flexibility index (Phi) is 6.90. The van der Waals surface area contributed by atoms with Crippen LogP contribution in [0.1, 0.15) is 55.7 Å². The van der Waals surface area contributed by atoms with Gasteiger partial charge in [-0.3, -0.25) is 4.79 Å². The zero-order valence-corrected chi connectivity index (χ0v) is 18.3. The van der Waals surface area contributed by atoms with Crippen LogP contribution in [0.4, 0.5) is 4.39 Å². The lowest BCUT2D eigenvalue weighted by atomic mass is 10.1. The lowest BCUT2D eigenvalue weighted by molar-refractivity contribution is 0.0519. The molecule has 1 heterocycles. The highest BCUT2D eigenvalue weighted by atomic mass is 19.1. The van der Waals surface area contributed by atoms with Crippen LogP contribution in [0.15, 0.2) is 48.5 Å². The molecule has 0 saturated heterocycles. The number of aromatic amines is 1. The van der Waals surface area contributed by atoms with Gasteiger partial charge in [-0.2, -0.15) is 0 Å². The van der Waals surface area contributed by atoms with Gasteiger partial charge in [0.2, 0.25) is 0 Å². The molecule has 0 bridgehead atoms. The van der Waals surface area contributed by atoms with Gasteiger partial charge in [-0.1, -0.05) is 35.9 Å². The lowest BCUT2D eigenvalue weighted by Gasteiger charge is -2.24. The Morgan fingerprint density at radius 3 is 2.39 bits per heavy atom. The molecular weight excluding hydrogens is 395 g/mol. The molecule has 3 rings (SSSR count). The van der Waals surface area contributed by atoms with Crippen LogP contribution in [0.25, 0.3) is 0 Å². The number of nitrogens with zero attached hydrogens (tertiary/aromatic N) is 1. The summed E-state index contributed by atoms with van der Waals surface area (Å²) in [5, 5.41) is 0. The van der Waals surface area contributed by atoms with Crippen LogP contribution in [-0.4, -0.2) is 28.4 Å². The van der Waals surface area contributed by atoms with Gasteiger partial charge in [-0.15, -0.1) is 0 Å². The summed E-state index contributed by atoms with van der Waals surface area (Å²) in [7, 11) is 0. The molecule has 6 heteroatoms. The topological polar surface area (TPSA) is 62.4 Å². The summed E-state index contributed by atoms with van der Waals surface area (Å²) >= 11 is 0. The maximum Gasteiger partial charge on any atom is 0.355 e. The first-order chi connectivity index (χ1) is 14.8. The standard InChI is InChI=1S/C25H27FN2O3/c1-5-31-25(30)23-17(3)22(18(4)27-23)15-28(14-19-11-9-16(2)10-12-19)24(29)20-7-6-8-21(26)13-20/h6-13,27H,5,14-15H2,1-4H3. The van der Waals surface area contributed by atoms with Gasteiger partial charge in [0.05, 0.1) is 6.61 Å². The van der Waals surface area contributed by atoms with Crippen molar-refractivity contribution in [1.29, 1.82) is 0 Å². The highest BCUT2D eigenvalue weighted by molar-refractivity contribution is 5.94. The first-order valence-electron chi connectivity index (χ1n) is 10.3. The van der Waals surface area contributed by atoms with Crippen LogP contribution < -0.4 is 0 Å². The number of carbonyl (C=O) groups excluding carboxylic acids is 2. The minimum atomic E-state index is -0.459. The third-order valence-corrected chi connectivity index (χ3v) is 5.27. The number of nitrogens with one attached hydrogen (secondary N) is 1. The molecule has 5 nitrogen and oxygen atoms in total. The average Bonchev–Trinajstić information content (AvgIpc) is 3.02. The van der Waals surface area contributed by atoms with Gasteiger partial charge in [-0.25, -0.2) is 9.18 Å². The number of H-pyrrole nitrogens is 1. The highest BCUT2D eigenvalue weighted by Gasteiger charge is 2.23. The van der Waals surface area contributed by atoms with Crippen LogP contribution in [0.2, 0.25) is 0 Å². The van der Waals surface area contributed by atoms with Crippen molar-refractivity contribution in [3.63, 3.8) is 0 Å². The fourth-order valence-corrected chi connectivity index (χ4v) is 3.54. The predicted molar refractivity (Wildman–Crippen MR) is 117 cm³/mol. The van der Waals surface area contributed by atoms with E-state index in [2.05, 4.69) is 4.98 Å². The fourth-order valence-electron chi connectivity index (χ4n) is 3.54. The maximum atomic E-state index is 13.8. The van der Waals surface area contributed by atoms with Crippen molar-refractivity contribution in [3.8, 4) is 0 Å². The summed E-state index contributed by atoms with van der Waals surface area (Å²) in [5.74, 6) is -1.16. The molecule has 0 aliphatic heterocycles. The van der Waals surface area contributed by atoms with Gasteiger partial charge in [0, 0.05) is 24.3 Å². The van der Waals surface area contributed by atoms with E-state index >= 15 is 0 Å². The van der Waals surface area contributed by atoms with E-state index in [0.717, 1.165) is 27.9 Å². The number of aryl methyl sites for hydroxylation is 2. The molecule has 31 heavy (non-hydrogen) atoms. The summed E-state index contributed by atoms with van der Waals surface area (Å²) in [5.41, 5.74) is 5.15. The molecule has 1 aromatic heterocycles. The Hall–Kier alpha value is -3.41. The minimum Gasteiger partial charge on any atom is -0.461 e. The Morgan fingerprint density at radius 1 is 1.03 bits per heavy atom. The summed E-state index contributed by atoms with van der Waals surface area (Å²) in [6.45, 7) is 8.37. The van der Waals surface area contributed by atoms with Crippen molar-refractivity contribution in [2.45, 2.75) is 40.8 Å². The zero-order valence-electron chi connectivity index (χ0n) is 18.3. The van der Waals surface area contributed by atoms with Gasteiger partial charge in [0.25, 0.3) is 5.91 Å². The van der Waals surface area contributed by atoms with E-state index < -0.39 is 11.8 Å². The second kappa shape index (κ2) is 9.60. The van der Waals surface area contributed by atoms with E-state index in [9.17, 15) is 14.0 Å². The van der Waals surface area contributed by atoms with Crippen LogP contribution >= 0.6 is 0 Å². The van der Waals surface area contributed by atoms with Crippen LogP contribution in [0.3, 0.4) is 0 Å². The number of aromatic nitrogens is 1. The second-order valence-corrected chi connectivity index (χ2v) is 7.61. The number of ether oxygens (including phenoxy) is 1. The lowest BCUT2D eigenvalue weighted by Crippen LogP contribution is -2.30. The van der Waals surface area contributed by atoms with Crippen LogP contribution in [-0.2, 0) is 17.8 Å². The van der Waals surface area contributed by atoms with Gasteiger partial charge in [0.15, 0.2) is 0 Å². The first-order valence-corrected chi connectivity index (χ1v) is 10.3. The van der Waals surface area contributed by atoms with Gasteiger partial charge >= 0.3 is 5.97 Å². The molecule has 0 unspecified atom stereocenters. The molecule has 1 N–H and O–H groups in total. The Balaban J connectivity index is 1.96. The van der Waals surface area contributed by atoms with Gasteiger partial charge in [0.1, 0.15) is 11.5 Å². The Labute approximate surface area is 181 Å². The van der Waals surface area contributed by atoms with Gasteiger partial charge in [-0.05, 0) is 62.6 Å². The summed E-state index contributed by atoms with van der Waals surface area (Å²) in [4.78, 5) is 30.3. The van der Waals surface area contributed by atoms with Crippen LogP contribution in [0.5, 0.6) is 0 Å². The molecule has 3 aromatic rings. The number of hydrogen-bond donors (Lipinski definition) is 1. The highest BCUT2D eigenvalue weighted by Crippen LogP contribution is 2.23. The second-order valence-electron chi connectivity index (χ2n) is 7.61. The monoisotopic (exact) mass is 422 g/mol. The molecule has 0 fully saturated rings. The zero-order chi connectivity index (χ0) is 22.5. The molecule has 0 saturated carbocycles. The molecular formula is C25H27FN2O3. The van der Waals surface area contributed by atoms with E-state index in [0.29, 0.717) is 12.2 Å². The molecule has 0 aliphatic rings. The number of carbonyl (C=O) groups is 2. The predicted octanol–water partition coefficient (Wildman–Crippen LogP) is 5.10. The molecule has 0 radical (unpaired) electrons. The summed E-state index contributed by atoms with van der Waals surface area (Å²) in [6.07, 6.45) is 0. The first kappa shape index (κ1) is 22.3. The van der Waals surface area contributed by atoms with Crippen molar-refractivity contribution in [1.82, 2.24) is 9.88 Å². The molecule has 1 amide bonds. The molecule has 0 aliphatic carbocycles. The number of halogens is 1. The number of benzene rings is 2. The third-order valence-electron chi connectivity index (χ3n) is 5.27. The minimum absolute atomic E-state index is 0.275. The maximum absolute atomic E-state index is 13.8. The average molecular weight is 423 g/mol. The normalized spacial score (nSPS) is 10.7. The molecule has 162 valence electrons. The number of esters is 1. The van der Waals surface area contributed by atoms with Crippen molar-refractivity contribution in [2.75, 3.05) is 6.61 Å². The quantitative estimate of drug-likeness (QED) is 0.539. The molecule has 0 spiro atoms. The number of rotatable bonds is 7. The largest absolute Gasteiger partial charge is 0.461 e.